The molecule has 0 aromatic heterocycles. The second kappa shape index (κ2) is 8.94. The molecule has 0 N–H and O–H groups in total. The van der Waals surface area contributed by atoms with Crippen molar-refractivity contribution in [3.05, 3.63) is 36.0 Å². The molecule has 0 heterocycles. The summed E-state index contributed by atoms with van der Waals surface area (Å²) in [5.41, 5.74) is 4.34. The summed E-state index contributed by atoms with van der Waals surface area (Å²) < 4.78 is 0. The Kier molecular flexibility index (Phi) is 11.7. The summed E-state index contributed by atoms with van der Waals surface area (Å²) in [4.78, 5) is 0. The van der Waals surface area contributed by atoms with Gasteiger partial charge >= 0.3 is 0 Å². The fourth-order valence-electron chi connectivity index (χ4n) is 0.697. The van der Waals surface area contributed by atoms with E-state index in [0.717, 1.165) is 11.8 Å². The maximum absolute atomic E-state index is 3.38. The van der Waals surface area contributed by atoms with Crippen LogP contribution >= 0.6 is 15.9 Å². The zero-order valence-electron chi connectivity index (χ0n) is 6.19. The number of allylic oxidation sites excluding steroid dienone is 3. The van der Waals surface area contributed by atoms with Gasteiger partial charge in [-0.1, -0.05) is 27.6 Å². The molecular weight excluding hydrogens is 321 g/mol. The molecule has 0 aromatic rings. The largest absolute Gasteiger partial charge is 1.00 e. The van der Waals surface area contributed by atoms with Crippen LogP contribution in [0, 0.1) is 6.42 Å². The Morgan fingerprint density at radius 3 is 2.55 bits per heavy atom. The van der Waals surface area contributed by atoms with Gasteiger partial charge in [0.05, 0.1) is 0 Å². The molecule has 0 atom stereocenters. The van der Waals surface area contributed by atoms with Crippen LogP contribution in [0.4, 0.5) is 0 Å². The molecule has 0 spiro atoms. The summed E-state index contributed by atoms with van der Waals surface area (Å²) in [6.45, 7) is 0. The van der Waals surface area contributed by atoms with Gasteiger partial charge in [-0.05, 0) is 18.6 Å². The minimum atomic E-state index is 0. The molecule has 0 aliphatic heterocycles. The molecule has 0 nitrogen and oxygen atoms in total. The monoisotopic (exact) mass is 326 g/mol. The van der Waals surface area contributed by atoms with Gasteiger partial charge in [-0.15, -0.1) is 5.73 Å². The number of halogens is 2. The summed E-state index contributed by atoms with van der Waals surface area (Å²) in [7, 11) is 0. The number of hydrogen-bond acceptors (Lipinski definition) is 0. The number of hydrogen-bond donors (Lipinski definition) is 0. The van der Waals surface area contributed by atoms with E-state index in [-0.39, 0.29) is 36.5 Å². The van der Waals surface area contributed by atoms with Gasteiger partial charge < -0.3 is 17.0 Å². The van der Waals surface area contributed by atoms with Crippen LogP contribution in [-0.4, -0.2) is 5.33 Å². The Bertz CT molecular complexity index is 179. The maximum Gasteiger partial charge on any atom is 0.0163 e. The van der Waals surface area contributed by atoms with Crippen LogP contribution in [0.5, 0.6) is 0 Å². The second-order valence-corrected chi connectivity index (χ2v) is 2.64. The summed E-state index contributed by atoms with van der Waals surface area (Å²) >= 11 is 3.38. The van der Waals surface area contributed by atoms with E-state index in [4.69, 9.17) is 0 Å². The van der Waals surface area contributed by atoms with Crippen LogP contribution < -0.4 is 17.0 Å². The molecule has 0 saturated carbocycles. The van der Waals surface area contributed by atoms with E-state index in [1.54, 1.807) is 0 Å². The molecule has 0 aromatic carbocycles. The number of rotatable bonds is 2. The molecule has 11 heavy (non-hydrogen) atoms. The Hall–Kier alpha value is 0.843. The van der Waals surface area contributed by atoms with Crippen LogP contribution in [0.3, 0.4) is 0 Å². The normalized spacial score (nSPS) is 13.0. The molecule has 0 fully saturated rings. The van der Waals surface area contributed by atoms with Gasteiger partial charge in [0.25, 0.3) is 0 Å². The zero-order valence-corrected chi connectivity index (χ0v) is 12.3. The first-order valence-corrected chi connectivity index (χ1v) is 4.06. The van der Waals surface area contributed by atoms with Gasteiger partial charge in [0.15, 0.2) is 0 Å². The molecule has 0 unspecified atom stereocenters. The molecule has 1 aliphatic rings. The molecule has 0 amide bonds. The standard InChI is InChI=1S/C8H8Br.BrH.Zn/c9-7-6-8-4-2-1-3-5-8;;/h2-5H,6-7H2;1H;/p-1. The Labute approximate surface area is 99.5 Å². The van der Waals surface area contributed by atoms with Crippen molar-refractivity contribution in [3.8, 4) is 0 Å². The van der Waals surface area contributed by atoms with Gasteiger partial charge in [0.2, 0.25) is 0 Å². The van der Waals surface area contributed by atoms with Crippen molar-refractivity contribution in [1.82, 2.24) is 0 Å². The van der Waals surface area contributed by atoms with Crippen LogP contribution in [0.2, 0.25) is 0 Å². The quantitative estimate of drug-likeness (QED) is 0.368. The van der Waals surface area contributed by atoms with Gasteiger partial charge in [0, 0.05) is 31.2 Å². The van der Waals surface area contributed by atoms with Crippen molar-refractivity contribution in [2.75, 3.05) is 5.33 Å². The first-order chi connectivity index (χ1) is 4.43. The molecule has 1 aliphatic carbocycles. The van der Waals surface area contributed by atoms with Crippen LogP contribution in [0.1, 0.15) is 6.42 Å². The Morgan fingerprint density at radius 2 is 2.09 bits per heavy atom. The zero-order chi connectivity index (χ0) is 6.53. The van der Waals surface area contributed by atoms with Crippen LogP contribution in [-0.2, 0) is 19.5 Å². The van der Waals surface area contributed by atoms with E-state index in [2.05, 4.69) is 34.2 Å². The van der Waals surface area contributed by atoms with Crippen molar-refractivity contribution in [2.45, 2.75) is 6.42 Å². The first-order valence-electron chi connectivity index (χ1n) is 2.94. The van der Waals surface area contributed by atoms with E-state index in [9.17, 15) is 0 Å². The molecule has 57 valence electrons. The van der Waals surface area contributed by atoms with Crippen molar-refractivity contribution >= 4 is 15.9 Å². The van der Waals surface area contributed by atoms with E-state index < -0.39 is 0 Å². The summed E-state index contributed by atoms with van der Waals surface area (Å²) in [6, 6.07) is 0. The minimum absolute atomic E-state index is 0. The maximum atomic E-state index is 3.38. The topological polar surface area (TPSA) is 0 Å². The van der Waals surface area contributed by atoms with Gasteiger partial charge in [0.1, 0.15) is 0 Å². The van der Waals surface area contributed by atoms with Crippen molar-refractivity contribution in [3.63, 3.8) is 0 Å². The summed E-state index contributed by atoms with van der Waals surface area (Å²) in [5.74, 6) is 0. The van der Waals surface area contributed by atoms with Crippen molar-refractivity contribution < 1.29 is 36.5 Å². The minimum Gasteiger partial charge on any atom is -1.00 e. The Balaban J connectivity index is 0. The molecule has 0 saturated heterocycles. The van der Waals surface area contributed by atoms with Gasteiger partial charge in [-0.3, -0.25) is 0 Å². The first kappa shape index (κ1) is 14.4. The third kappa shape index (κ3) is 6.05. The Morgan fingerprint density at radius 1 is 1.36 bits per heavy atom. The molecule has 1 rings (SSSR count). The fourth-order valence-corrected chi connectivity index (χ4v) is 1.16. The van der Waals surface area contributed by atoms with E-state index >= 15 is 0 Å². The second-order valence-electron chi connectivity index (χ2n) is 1.85. The number of alkyl halides is 1. The molecular formula is C8H8Br2Zn-. The van der Waals surface area contributed by atoms with Crippen molar-refractivity contribution in [1.29, 1.82) is 0 Å². The fraction of sp³-hybridized carbons (Fsp3) is 0.250. The van der Waals surface area contributed by atoms with Crippen LogP contribution in [0.15, 0.2) is 29.5 Å². The van der Waals surface area contributed by atoms with Gasteiger partial charge in [-0.25, -0.2) is 0 Å². The summed E-state index contributed by atoms with van der Waals surface area (Å²) in [5, 5.41) is 1.04. The molecule has 3 heteroatoms. The van der Waals surface area contributed by atoms with E-state index in [1.807, 2.05) is 12.2 Å². The molecule has 0 bridgehead atoms. The molecule has 1 radical (unpaired) electrons. The average Bonchev–Trinajstić information content (AvgIpc) is 1.91. The third-order valence-corrected chi connectivity index (χ3v) is 1.57. The van der Waals surface area contributed by atoms with Crippen molar-refractivity contribution in [2.24, 2.45) is 0 Å². The average molecular weight is 329 g/mol. The van der Waals surface area contributed by atoms with E-state index in [0.29, 0.717) is 0 Å². The third-order valence-electron chi connectivity index (χ3n) is 1.17. The smallest absolute Gasteiger partial charge is 0.0163 e. The SMILES string of the molecule is BrCCC1=CC=C=C[CH]1.[Br-].[Zn]. The van der Waals surface area contributed by atoms with Gasteiger partial charge in [-0.2, -0.15) is 0 Å². The van der Waals surface area contributed by atoms with E-state index in [1.165, 1.54) is 5.57 Å². The summed E-state index contributed by atoms with van der Waals surface area (Å²) in [6.07, 6.45) is 9.16. The van der Waals surface area contributed by atoms with Crippen LogP contribution in [0.25, 0.3) is 0 Å². The predicted octanol–water partition coefficient (Wildman–Crippen LogP) is -0.372. The predicted molar refractivity (Wildman–Crippen MR) is 43.4 cm³/mol.